The largest absolute Gasteiger partial charge is 0.391 e. The summed E-state index contributed by atoms with van der Waals surface area (Å²) in [4.78, 5) is 0. The number of aliphatic hydroxyl groups excluding tert-OH is 1. The molecular formula is C14H21Cl2NO. The van der Waals surface area contributed by atoms with E-state index in [-0.39, 0.29) is 18.4 Å². The van der Waals surface area contributed by atoms with Crippen LogP contribution in [0.3, 0.4) is 0 Å². The molecule has 1 aliphatic rings. The van der Waals surface area contributed by atoms with Crippen molar-refractivity contribution in [2.75, 3.05) is 0 Å². The minimum absolute atomic E-state index is 0. The van der Waals surface area contributed by atoms with E-state index in [1.165, 1.54) is 12.8 Å². The number of nitrogens with two attached hydrogens (primary N) is 1. The molecule has 1 saturated carbocycles. The molecule has 1 aromatic carbocycles. The monoisotopic (exact) mass is 289 g/mol. The van der Waals surface area contributed by atoms with Gasteiger partial charge in [0.15, 0.2) is 0 Å². The lowest BCUT2D eigenvalue weighted by Gasteiger charge is -2.25. The van der Waals surface area contributed by atoms with E-state index < -0.39 is 6.10 Å². The maximum Gasteiger partial charge on any atom is 0.0760 e. The van der Waals surface area contributed by atoms with Gasteiger partial charge in [0.25, 0.3) is 0 Å². The van der Waals surface area contributed by atoms with Crippen LogP contribution in [0.4, 0.5) is 0 Å². The van der Waals surface area contributed by atoms with Gasteiger partial charge >= 0.3 is 0 Å². The molecule has 0 spiro atoms. The first-order valence-electron chi connectivity index (χ1n) is 6.29. The molecular weight excluding hydrogens is 269 g/mol. The fourth-order valence-electron chi connectivity index (χ4n) is 2.79. The quantitative estimate of drug-likeness (QED) is 0.893. The second-order valence-corrected chi connectivity index (χ2v) is 5.50. The molecule has 0 radical (unpaired) electrons. The minimum atomic E-state index is -0.433. The Morgan fingerprint density at radius 2 is 1.94 bits per heavy atom. The van der Waals surface area contributed by atoms with E-state index in [9.17, 15) is 5.11 Å². The fraction of sp³-hybridized carbons (Fsp3) is 0.571. The normalized spacial score (nSPS) is 19.3. The summed E-state index contributed by atoms with van der Waals surface area (Å²) >= 11 is 5.93. The van der Waals surface area contributed by atoms with E-state index in [2.05, 4.69) is 0 Å². The lowest BCUT2D eigenvalue weighted by Crippen LogP contribution is -2.32. The third kappa shape index (κ3) is 3.39. The van der Waals surface area contributed by atoms with Crippen LogP contribution in [0.25, 0.3) is 0 Å². The Bertz CT molecular complexity index is 391. The average Bonchev–Trinajstić information content (AvgIpc) is 2.80. The summed E-state index contributed by atoms with van der Waals surface area (Å²) in [5.74, 6) is 0.361. The molecule has 0 aliphatic heterocycles. The number of aliphatic hydroxyl groups is 1. The van der Waals surface area contributed by atoms with Crippen LogP contribution in [-0.4, -0.2) is 11.2 Å². The predicted molar refractivity (Wildman–Crippen MR) is 78.3 cm³/mol. The highest BCUT2D eigenvalue weighted by Gasteiger charge is 2.29. The van der Waals surface area contributed by atoms with Crippen molar-refractivity contribution >= 4 is 24.0 Å². The third-order valence-corrected chi connectivity index (χ3v) is 4.08. The van der Waals surface area contributed by atoms with Gasteiger partial charge in [-0.3, -0.25) is 0 Å². The first-order chi connectivity index (χ1) is 8.09. The van der Waals surface area contributed by atoms with Gasteiger partial charge in [-0.2, -0.15) is 0 Å². The van der Waals surface area contributed by atoms with Crippen LogP contribution in [0.2, 0.25) is 5.02 Å². The van der Waals surface area contributed by atoms with Crippen LogP contribution < -0.4 is 5.73 Å². The Morgan fingerprint density at radius 3 is 2.50 bits per heavy atom. The number of hydrogen-bond donors (Lipinski definition) is 2. The van der Waals surface area contributed by atoms with Crippen molar-refractivity contribution in [3.05, 3.63) is 34.3 Å². The number of halogens is 2. The number of hydrogen-bond acceptors (Lipinski definition) is 2. The summed E-state index contributed by atoms with van der Waals surface area (Å²) in [5, 5.41) is 11.0. The van der Waals surface area contributed by atoms with Gasteiger partial charge in [0.1, 0.15) is 0 Å². The molecule has 0 saturated heterocycles. The van der Waals surface area contributed by atoms with E-state index in [0.717, 1.165) is 24.0 Å². The van der Waals surface area contributed by atoms with Gasteiger partial charge in [-0.1, -0.05) is 30.5 Å². The molecule has 2 rings (SSSR count). The van der Waals surface area contributed by atoms with Crippen LogP contribution in [0.15, 0.2) is 18.2 Å². The second kappa shape index (κ2) is 6.76. The second-order valence-electron chi connectivity index (χ2n) is 5.06. The Hall–Kier alpha value is -0.280. The summed E-state index contributed by atoms with van der Waals surface area (Å²) in [6, 6.07) is 5.37. The summed E-state index contributed by atoms with van der Waals surface area (Å²) in [5.41, 5.74) is 8.24. The molecule has 2 nitrogen and oxygen atoms in total. The zero-order valence-electron chi connectivity index (χ0n) is 10.6. The van der Waals surface area contributed by atoms with Gasteiger partial charge < -0.3 is 10.8 Å². The highest BCUT2D eigenvalue weighted by atomic mass is 35.5. The first-order valence-corrected chi connectivity index (χ1v) is 6.67. The van der Waals surface area contributed by atoms with Gasteiger partial charge in [0.2, 0.25) is 0 Å². The van der Waals surface area contributed by atoms with Crippen molar-refractivity contribution < 1.29 is 5.11 Å². The lowest BCUT2D eigenvalue weighted by molar-refractivity contribution is 0.0843. The zero-order chi connectivity index (χ0) is 12.4. The van der Waals surface area contributed by atoms with E-state index >= 15 is 0 Å². The van der Waals surface area contributed by atoms with Crippen molar-refractivity contribution in [3.63, 3.8) is 0 Å². The smallest absolute Gasteiger partial charge is 0.0760 e. The lowest BCUT2D eigenvalue weighted by atomic mass is 9.89. The van der Waals surface area contributed by atoms with Gasteiger partial charge in [-0.15, -0.1) is 12.4 Å². The summed E-state index contributed by atoms with van der Waals surface area (Å²) in [6.45, 7) is 1.99. The maximum atomic E-state index is 10.3. The van der Waals surface area contributed by atoms with E-state index in [1.807, 2.05) is 25.1 Å². The molecule has 0 amide bonds. The van der Waals surface area contributed by atoms with Crippen LogP contribution in [0, 0.1) is 12.8 Å². The molecule has 0 unspecified atom stereocenters. The summed E-state index contributed by atoms with van der Waals surface area (Å²) in [6.07, 6.45) is 4.20. The molecule has 2 atom stereocenters. The van der Waals surface area contributed by atoms with E-state index in [0.29, 0.717) is 10.9 Å². The molecule has 102 valence electrons. The standard InChI is InChI=1S/C14H20ClNO.ClH/c1-9-8-11(15)6-7-12(9)13(16)14(17)10-4-2-3-5-10;/h6-8,10,13-14,17H,2-5,16H2,1H3;1H/t13-,14+;/m1./s1. The Kier molecular flexibility index (Phi) is 5.93. The molecule has 3 N–H and O–H groups in total. The highest BCUT2D eigenvalue weighted by molar-refractivity contribution is 6.30. The van der Waals surface area contributed by atoms with Crippen LogP contribution in [0.1, 0.15) is 42.9 Å². The Balaban J connectivity index is 0.00000162. The maximum absolute atomic E-state index is 10.3. The number of benzene rings is 1. The molecule has 1 aliphatic carbocycles. The van der Waals surface area contributed by atoms with Gasteiger partial charge in [0.05, 0.1) is 12.1 Å². The molecule has 0 bridgehead atoms. The molecule has 1 fully saturated rings. The molecule has 0 heterocycles. The van der Waals surface area contributed by atoms with Gasteiger partial charge in [0, 0.05) is 5.02 Å². The predicted octanol–water partition coefficient (Wildman–Crippen LogP) is 3.62. The topological polar surface area (TPSA) is 46.2 Å². The highest BCUT2D eigenvalue weighted by Crippen LogP contribution is 2.33. The number of rotatable bonds is 3. The van der Waals surface area contributed by atoms with Gasteiger partial charge in [-0.25, -0.2) is 0 Å². The van der Waals surface area contributed by atoms with Crippen molar-refractivity contribution in [3.8, 4) is 0 Å². The van der Waals surface area contributed by atoms with Crippen molar-refractivity contribution in [2.24, 2.45) is 11.7 Å². The molecule has 1 aromatic rings. The Morgan fingerprint density at radius 1 is 1.33 bits per heavy atom. The zero-order valence-corrected chi connectivity index (χ0v) is 12.2. The molecule has 18 heavy (non-hydrogen) atoms. The minimum Gasteiger partial charge on any atom is -0.391 e. The fourth-order valence-corrected chi connectivity index (χ4v) is 3.02. The molecule has 4 heteroatoms. The van der Waals surface area contributed by atoms with Crippen LogP contribution in [0.5, 0.6) is 0 Å². The molecule has 0 aromatic heterocycles. The van der Waals surface area contributed by atoms with Gasteiger partial charge in [-0.05, 0) is 48.9 Å². The SMILES string of the molecule is Cc1cc(Cl)ccc1[C@@H](N)[C@@H](O)C1CCCC1.Cl. The van der Waals surface area contributed by atoms with E-state index in [4.69, 9.17) is 17.3 Å². The van der Waals surface area contributed by atoms with E-state index in [1.54, 1.807) is 0 Å². The number of aryl methyl sites for hydroxylation is 1. The van der Waals surface area contributed by atoms with Crippen LogP contribution >= 0.6 is 24.0 Å². The summed E-state index contributed by atoms with van der Waals surface area (Å²) in [7, 11) is 0. The van der Waals surface area contributed by atoms with Crippen molar-refractivity contribution in [1.82, 2.24) is 0 Å². The first kappa shape index (κ1) is 15.8. The Labute approximate surface area is 120 Å². The van der Waals surface area contributed by atoms with Crippen LogP contribution in [-0.2, 0) is 0 Å². The third-order valence-electron chi connectivity index (χ3n) is 3.84. The average molecular weight is 290 g/mol. The van der Waals surface area contributed by atoms with Crippen molar-refractivity contribution in [2.45, 2.75) is 44.8 Å². The summed E-state index contributed by atoms with van der Waals surface area (Å²) < 4.78 is 0. The van der Waals surface area contributed by atoms with Crippen molar-refractivity contribution in [1.29, 1.82) is 0 Å².